The van der Waals surface area contributed by atoms with Crippen LogP contribution in [0.15, 0.2) is 182 Å². The Morgan fingerprint density at radius 3 is 1.42 bits per heavy atom. The second kappa shape index (κ2) is 12.9. The molecule has 10 aromatic rings. The maximum Gasteiger partial charge on any atom is 0.164 e. The number of benzene rings is 8. The third-order valence-electron chi connectivity index (χ3n) is 11.8. The molecule has 8 aromatic carbocycles. The van der Waals surface area contributed by atoms with Crippen LogP contribution in [0.5, 0.6) is 0 Å². The Morgan fingerprint density at radius 1 is 0.316 bits per heavy atom. The van der Waals surface area contributed by atoms with Crippen LogP contribution in [0.4, 0.5) is 0 Å². The molecule has 0 saturated carbocycles. The number of fused-ring (bicyclic) bond motifs is 9. The van der Waals surface area contributed by atoms with E-state index >= 15 is 0 Å². The van der Waals surface area contributed by atoms with Crippen molar-refractivity contribution in [1.82, 2.24) is 19.9 Å². The first-order chi connectivity index (χ1) is 28.0. The molecule has 1 aliphatic carbocycles. The van der Waals surface area contributed by atoms with E-state index in [1.54, 1.807) is 0 Å². The molecule has 1 aliphatic rings. The van der Waals surface area contributed by atoms with Gasteiger partial charge in [-0.3, -0.25) is 4.98 Å². The fourth-order valence-electron chi connectivity index (χ4n) is 8.85. The van der Waals surface area contributed by atoms with Crippen LogP contribution in [0.25, 0.3) is 99.9 Å². The van der Waals surface area contributed by atoms with Crippen molar-refractivity contribution in [2.45, 2.75) is 19.3 Å². The average Bonchev–Trinajstić information content (AvgIpc) is 3.51. The van der Waals surface area contributed by atoms with E-state index in [1.807, 2.05) is 54.9 Å². The molecule has 268 valence electrons. The molecule has 0 bridgehead atoms. The zero-order valence-electron chi connectivity index (χ0n) is 31.6. The Labute approximate surface area is 331 Å². The molecule has 2 aromatic heterocycles. The number of hydrogen-bond donors (Lipinski definition) is 0. The van der Waals surface area contributed by atoms with Gasteiger partial charge in [0.05, 0.1) is 0 Å². The zero-order chi connectivity index (χ0) is 38.1. The van der Waals surface area contributed by atoms with Crippen LogP contribution in [0.1, 0.15) is 25.0 Å². The van der Waals surface area contributed by atoms with Crippen molar-refractivity contribution in [3.05, 3.63) is 193 Å². The predicted octanol–water partition coefficient (Wildman–Crippen LogP) is 13.4. The van der Waals surface area contributed by atoms with Crippen LogP contribution in [-0.2, 0) is 5.41 Å². The van der Waals surface area contributed by atoms with Crippen molar-refractivity contribution in [2.75, 3.05) is 0 Å². The molecule has 0 fully saturated rings. The van der Waals surface area contributed by atoms with Crippen molar-refractivity contribution >= 4 is 32.3 Å². The lowest BCUT2D eigenvalue weighted by Gasteiger charge is -2.22. The standard InChI is InChI=1S/C53H36N4/c1-53(2)48-15-9-8-14-43(48)47-31-45-41-13-7-6-12-40(41)44-30-39(24-25-42(44)46(45)32-49(47)53)34-18-22-38(23-19-34)52-56-50(36-10-4-3-5-11-36)55-51(57-52)37-20-16-33(17-21-37)35-26-28-54-29-27-35/h3-32H,1-2H3. The van der Waals surface area contributed by atoms with Gasteiger partial charge in [0.1, 0.15) is 0 Å². The number of hydrogen-bond acceptors (Lipinski definition) is 4. The minimum atomic E-state index is -0.0635. The highest BCUT2D eigenvalue weighted by Gasteiger charge is 2.35. The smallest absolute Gasteiger partial charge is 0.164 e. The normalized spacial score (nSPS) is 12.9. The summed E-state index contributed by atoms with van der Waals surface area (Å²) in [4.78, 5) is 19.1. The van der Waals surface area contributed by atoms with Gasteiger partial charge in [0.15, 0.2) is 17.5 Å². The summed E-state index contributed by atoms with van der Waals surface area (Å²) in [6.45, 7) is 4.71. The molecule has 0 spiro atoms. The molecule has 11 rings (SSSR count). The van der Waals surface area contributed by atoms with Gasteiger partial charge in [-0.2, -0.15) is 0 Å². The second-order valence-corrected chi connectivity index (χ2v) is 15.5. The zero-order valence-corrected chi connectivity index (χ0v) is 31.6. The fourth-order valence-corrected chi connectivity index (χ4v) is 8.85. The van der Waals surface area contributed by atoms with Crippen LogP contribution in [0.2, 0.25) is 0 Å². The molecule has 0 aliphatic heterocycles. The van der Waals surface area contributed by atoms with Gasteiger partial charge in [-0.1, -0.05) is 153 Å². The first-order valence-electron chi connectivity index (χ1n) is 19.5. The van der Waals surface area contributed by atoms with E-state index in [4.69, 9.17) is 15.0 Å². The van der Waals surface area contributed by atoms with E-state index < -0.39 is 0 Å². The van der Waals surface area contributed by atoms with Gasteiger partial charge in [0, 0.05) is 34.5 Å². The number of rotatable bonds is 5. The quantitative estimate of drug-likeness (QED) is 0.166. The molecule has 2 heterocycles. The molecular weight excluding hydrogens is 693 g/mol. The highest BCUT2D eigenvalue weighted by atomic mass is 15.0. The number of pyridine rings is 1. The summed E-state index contributed by atoms with van der Waals surface area (Å²) in [5.74, 6) is 1.91. The molecule has 57 heavy (non-hydrogen) atoms. The Bertz CT molecular complexity index is 3170. The van der Waals surface area contributed by atoms with Gasteiger partial charge in [-0.05, 0) is 107 Å². The average molecular weight is 729 g/mol. The molecule has 0 N–H and O–H groups in total. The van der Waals surface area contributed by atoms with E-state index in [9.17, 15) is 0 Å². The second-order valence-electron chi connectivity index (χ2n) is 15.5. The van der Waals surface area contributed by atoms with Gasteiger partial charge in [-0.25, -0.2) is 15.0 Å². The molecule has 0 unspecified atom stereocenters. The summed E-state index contributed by atoms with van der Waals surface area (Å²) in [5, 5.41) is 7.69. The monoisotopic (exact) mass is 728 g/mol. The van der Waals surface area contributed by atoms with Crippen molar-refractivity contribution < 1.29 is 0 Å². The van der Waals surface area contributed by atoms with Gasteiger partial charge in [0.25, 0.3) is 0 Å². The van der Waals surface area contributed by atoms with Crippen molar-refractivity contribution in [1.29, 1.82) is 0 Å². The number of aromatic nitrogens is 4. The lowest BCUT2D eigenvalue weighted by Crippen LogP contribution is -2.14. The summed E-state index contributed by atoms with van der Waals surface area (Å²) in [7, 11) is 0. The predicted molar refractivity (Wildman–Crippen MR) is 235 cm³/mol. The van der Waals surface area contributed by atoms with E-state index in [0.717, 1.165) is 33.4 Å². The van der Waals surface area contributed by atoms with Crippen molar-refractivity contribution in [3.63, 3.8) is 0 Å². The lowest BCUT2D eigenvalue weighted by molar-refractivity contribution is 0.661. The van der Waals surface area contributed by atoms with E-state index in [1.165, 1.54) is 60.1 Å². The summed E-state index contributed by atoms with van der Waals surface area (Å²) < 4.78 is 0. The summed E-state index contributed by atoms with van der Waals surface area (Å²) >= 11 is 0. The third kappa shape index (κ3) is 5.44. The molecular formula is C53H36N4. The molecule has 4 nitrogen and oxygen atoms in total. The van der Waals surface area contributed by atoms with E-state index in [0.29, 0.717) is 17.5 Å². The summed E-state index contributed by atoms with van der Waals surface area (Å²) in [5.41, 5.74) is 12.8. The molecule has 4 heteroatoms. The third-order valence-corrected chi connectivity index (χ3v) is 11.8. The van der Waals surface area contributed by atoms with E-state index in [2.05, 4.69) is 146 Å². The maximum absolute atomic E-state index is 5.02. The van der Waals surface area contributed by atoms with Gasteiger partial charge in [0.2, 0.25) is 0 Å². The van der Waals surface area contributed by atoms with Crippen LogP contribution in [0.3, 0.4) is 0 Å². The van der Waals surface area contributed by atoms with Crippen LogP contribution in [-0.4, -0.2) is 19.9 Å². The summed E-state index contributed by atoms with van der Waals surface area (Å²) in [6.07, 6.45) is 3.62. The molecule has 0 radical (unpaired) electrons. The summed E-state index contributed by atoms with van der Waals surface area (Å²) in [6, 6.07) is 60.7. The Kier molecular flexibility index (Phi) is 7.48. The first-order valence-corrected chi connectivity index (χ1v) is 19.5. The van der Waals surface area contributed by atoms with Crippen LogP contribution < -0.4 is 0 Å². The molecule has 0 atom stereocenters. The molecule has 0 amide bonds. The Hall–Kier alpha value is -7.30. The van der Waals surface area contributed by atoms with Crippen molar-refractivity contribution in [2.24, 2.45) is 0 Å². The van der Waals surface area contributed by atoms with Gasteiger partial charge < -0.3 is 0 Å². The van der Waals surface area contributed by atoms with Crippen molar-refractivity contribution in [3.8, 4) is 67.5 Å². The Morgan fingerprint density at radius 2 is 0.772 bits per heavy atom. The minimum Gasteiger partial charge on any atom is -0.265 e. The maximum atomic E-state index is 5.02. The SMILES string of the molecule is CC1(C)c2ccccc2-c2cc3c4ccccc4c4cc(-c5ccc(-c6nc(-c7ccccc7)nc(-c7ccc(-c8ccncc8)cc7)n6)cc5)ccc4c3cc21. The fraction of sp³-hybridized carbons (Fsp3) is 0.0566. The molecule has 0 saturated heterocycles. The van der Waals surface area contributed by atoms with E-state index in [-0.39, 0.29) is 5.41 Å². The largest absolute Gasteiger partial charge is 0.265 e. The Balaban J connectivity index is 0.996. The minimum absolute atomic E-state index is 0.0635. The van der Waals surface area contributed by atoms with Gasteiger partial charge >= 0.3 is 0 Å². The highest BCUT2D eigenvalue weighted by Crippen LogP contribution is 2.51. The lowest BCUT2D eigenvalue weighted by atomic mass is 9.81. The highest BCUT2D eigenvalue weighted by molar-refractivity contribution is 6.26. The first kappa shape index (κ1) is 33.1. The number of nitrogens with zero attached hydrogens (tertiary/aromatic N) is 4. The van der Waals surface area contributed by atoms with Crippen LogP contribution in [0, 0.1) is 0 Å². The van der Waals surface area contributed by atoms with Gasteiger partial charge in [-0.15, -0.1) is 0 Å². The topological polar surface area (TPSA) is 51.6 Å². The van der Waals surface area contributed by atoms with Crippen LogP contribution >= 0.6 is 0 Å².